The Morgan fingerprint density at radius 1 is 1.35 bits per heavy atom. The fourth-order valence-electron chi connectivity index (χ4n) is 2.30. The molecule has 2 amide bonds. The second kappa shape index (κ2) is 6.47. The number of carbonyl (C=O) groups is 2. The molecule has 1 aliphatic carbocycles. The molecular formula is C12H22N2O3. The second-order valence-electron chi connectivity index (χ2n) is 4.71. The van der Waals surface area contributed by atoms with Crippen molar-refractivity contribution in [2.45, 2.75) is 45.1 Å². The molecule has 0 radical (unpaired) electrons. The van der Waals surface area contributed by atoms with Gasteiger partial charge in [0.2, 0.25) is 0 Å². The van der Waals surface area contributed by atoms with Crippen molar-refractivity contribution >= 4 is 12.0 Å². The van der Waals surface area contributed by atoms with Crippen LogP contribution >= 0.6 is 0 Å². The van der Waals surface area contributed by atoms with Gasteiger partial charge >= 0.3 is 12.0 Å². The molecule has 0 aromatic heterocycles. The smallest absolute Gasteiger partial charge is 0.317 e. The number of amides is 2. The molecule has 0 saturated heterocycles. The molecular weight excluding hydrogens is 220 g/mol. The number of rotatable bonds is 4. The van der Waals surface area contributed by atoms with E-state index in [1.807, 2.05) is 6.92 Å². The van der Waals surface area contributed by atoms with Crippen molar-refractivity contribution in [2.75, 3.05) is 13.6 Å². The first kappa shape index (κ1) is 13.8. The summed E-state index contributed by atoms with van der Waals surface area (Å²) >= 11 is 0. The van der Waals surface area contributed by atoms with Crippen LogP contribution in [-0.4, -0.2) is 41.6 Å². The van der Waals surface area contributed by atoms with E-state index in [0.717, 1.165) is 25.7 Å². The zero-order chi connectivity index (χ0) is 12.8. The predicted octanol–water partition coefficient (Wildman–Crippen LogP) is 1.68. The molecule has 5 nitrogen and oxygen atoms in total. The lowest BCUT2D eigenvalue weighted by molar-refractivity contribution is -0.143. The van der Waals surface area contributed by atoms with Crippen LogP contribution in [0.3, 0.4) is 0 Å². The Morgan fingerprint density at radius 3 is 2.59 bits per heavy atom. The molecule has 17 heavy (non-hydrogen) atoms. The van der Waals surface area contributed by atoms with E-state index in [1.165, 1.54) is 0 Å². The van der Waals surface area contributed by atoms with E-state index in [2.05, 4.69) is 5.32 Å². The summed E-state index contributed by atoms with van der Waals surface area (Å²) in [6, 6.07) is -0.377. The molecule has 2 unspecified atom stereocenters. The fourth-order valence-corrected chi connectivity index (χ4v) is 2.30. The van der Waals surface area contributed by atoms with Gasteiger partial charge in [0.05, 0.1) is 5.92 Å². The third kappa shape index (κ3) is 3.91. The van der Waals surface area contributed by atoms with Gasteiger partial charge in [-0.3, -0.25) is 4.79 Å². The zero-order valence-electron chi connectivity index (χ0n) is 10.6. The topological polar surface area (TPSA) is 69.6 Å². The molecule has 98 valence electrons. The van der Waals surface area contributed by atoms with Crippen molar-refractivity contribution in [3.63, 3.8) is 0 Å². The number of nitrogens with zero attached hydrogens (tertiary/aromatic N) is 1. The molecule has 2 N–H and O–H groups in total. The highest BCUT2D eigenvalue weighted by Gasteiger charge is 2.32. The van der Waals surface area contributed by atoms with E-state index in [9.17, 15) is 9.59 Å². The monoisotopic (exact) mass is 242 g/mol. The number of carboxylic acid groups (broad SMARTS) is 1. The Bertz CT molecular complexity index is 281. The standard InChI is InChI=1S/C12H22N2O3/c1-3-8-14(2)12(17)13-10-7-5-4-6-9(10)11(15)16/h9-10H,3-8H2,1-2H3,(H,13,17)(H,15,16). The largest absolute Gasteiger partial charge is 0.481 e. The van der Waals surface area contributed by atoms with Gasteiger partial charge in [0.1, 0.15) is 0 Å². The molecule has 0 bridgehead atoms. The van der Waals surface area contributed by atoms with Crippen molar-refractivity contribution in [3.8, 4) is 0 Å². The molecule has 1 fully saturated rings. The third-order valence-corrected chi connectivity index (χ3v) is 3.30. The minimum Gasteiger partial charge on any atom is -0.481 e. The van der Waals surface area contributed by atoms with Gasteiger partial charge in [0, 0.05) is 19.6 Å². The number of nitrogens with one attached hydrogen (secondary N) is 1. The quantitative estimate of drug-likeness (QED) is 0.788. The molecule has 0 spiro atoms. The van der Waals surface area contributed by atoms with Gasteiger partial charge < -0.3 is 15.3 Å². The highest BCUT2D eigenvalue weighted by atomic mass is 16.4. The highest BCUT2D eigenvalue weighted by Crippen LogP contribution is 2.24. The van der Waals surface area contributed by atoms with Crippen LogP contribution in [0.15, 0.2) is 0 Å². The Morgan fingerprint density at radius 2 is 2.00 bits per heavy atom. The number of aliphatic carboxylic acids is 1. The Kier molecular flexibility index (Phi) is 5.25. The summed E-state index contributed by atoms with van der Waals surface area (Å²) < 4.78 is 0. The molecule has 0 aromatic rings. The van der Waals surface area contributed by atoms with E-state index < -0.39 is 11.9 Å². The lowest BCUT2D eigenvalue weighted by Crippen LogP contribution is -2.49. The van der Waals surface area contributed by atoms with Crippen molar-refractivity contribution in [1.29, 1.82) is 0 Å². The summed E-state index contributed by atoms with van der Waals surface area (Å²) in [5.41, 5.74) is 0. The number of carboxylic acids is 1. The first-order valence-electron chi connectivity index (χ1n) is 6.30. The van der Waals surface area contributed by atoms with Gasteiger partial charge in [0.25, 0.3) is 0 Å². The molecule has 1 saturated carbocycles. The van der Waals surface area contributed by atoms with Crippen molar-refractivity contribution < 1.29 is 14.7 Å². The van der Waals surface area contributed by atoms with Crippen molar-refractivity contribution in [1.82, 2.24) is 10.2 Å². The molecule has 0 heterocycles. The maximum Gasteiger partial charge on any atom is 0.317 e. The normalized spacial score (nSPS) is 24.1. The Hall–Kier alpha value is -1.26. The SMILES string of the molecule is CCCN(C)C(=O)NC1CCCCC1C(=O)O. The average molecular weight is 242 g/mol. The minimum atomic E-state index is -0.798. The van der Waals surface area contributed by atoms with Gasteiger partial charge in [-0.05, 0) is 19.3 Å². The van der Waals surface area contributed by atoms with E-state index in [0.29, 0.717) is 13.0 Å². The summed E-state index contributed by atoms with van der Waals surface area (Å²) in [6.45, 7) is 2.70. The van der Waals surface area contributed by atoms with E-state index in [-0.39, 0.29) is 12.1 Å². The van der Waals surface area contributed by atoms with Crippen LogP contribution in [0.25, 0.3) is 0 Å². The fraction of sp³-hybridized carbons (Fsp3) is 0.833. The lowest BCUT2D eigenvalue weighted by Gasteiger charge is -2.30. The highest BCUT2D eigenvalue weighted by molar-refractivity contribution is 5.76. The molecule has 5 heteroatoms. The van der Waals surface area contributed by atoms with Crippen molar-refractivity contribution in [3.05, 3.63) is 0 Å². The minimum absolute atomic E-state index is 0.162. The second-order valence-corrected chi connectivity index (χ2v) is 4.71. The maximum atomic E-state index is 11.8. The van der Waals surface area contributed by atoms with Crippen LogP contribution in [0.2, 0.25) is 0 Å². The lowest BCUT2D eigenvalue weighted by atomic mass is 9.84. The van der Waals surface area contributed by atoms with E-state index in [1.54, 1.807) is 11.9 Å². The first-order valence-corrected chi connectivity index (χ1v) is 6.30. The van der Waals surface area contributed by atoms with Crippen molar-refractivity contribution in [2.24, 2.45) is 5.92 Å². The van der Waals surface area contributed by atoms with Crippen LogP contribution in [0.1, 0.15) is 39.0 Å². The first-order chi connectivity index (χ1) is 8.06. The number of urea groups is 1. The Labute approximate surface area is 102 Å². The molecule has 0 aromatic carbocycles. The summed E-state index contributed by atoms with van der Waals surface area (Å²) in [5, 5.41) is 11.9. The number of hydrogen-bond acceptors (Lipinski definition) is 2. The predicted molar refractivity (Wildman–Crippen MR) is 64.8 cm³/mol. The van der Waals surface area contributed by atoms with Crippen LogP contribution in [-0.2, 0) is 4.79 Å². The van der Waals surface area contributed by atoms with Gasteiger partial charge in [-0.15, -0.1) is 0 Å². The molecule has 1 aliphatic rings. The number of carbonyl (C=O) groups excluding carboxylic acids is 1. The van der Waals surface area contributed by atoms with Gasteiger partial charge in [0.15, 0.2) is 0 Å². The maximum absolute atomic E-state index is 11.8. The third-order valence-electron chi connectivity index (χ3n) is 3.30. The van der Waals surface area contributed by atoms with Crippen LogP contribution < -0.4 is 5.32 Å². The van der Waals surface area contributed by atoms with Crippen LogP contribution in [0, 0.1) is 5.92 Å². The van der Waals surface area contributed by atoms with Crippen LogP contribution in [0.4, 0.5) is 4.79 Å². The van der Waals surface area contributed by atoms with Gasteiger partial charge in [-0.25, -0.2) is 4.79 Å². The number of hydrogen-bond donors (Lipinski definition) is 2. The molecule has 1 rings (SSSR count). The summed E-state index contributed by atoms with van der Waals surface area (Å²) in [5.74, 6) is -1.23. The van der Waals surface area contributed by atoms with Gasteiger partial charge in [-0.2, -0.15) is 0 Å². The molecule has 0 aliphatic heterocycles. The summed E-state index contributed by atoms with van der Waals surface area (Å²) in [6.07, 6.45) is 4.26. The average Bonchev–Trinajstić information content (AvgIpc) is 2.29. The summed E-state index contributed by atoms with van der Waals surface area (Å²) in [7, 11) is 1.73. The molecule has 2 atom stereocenters. The Balaban J connectivity index is 2.52. The summed E-state index contributed by atoms with van der Waals surface area (Å²) in [4.78, 5) is 24.5. The van der Waals surface area contributed by atoms with E-state index >= 15 is 0 Å². The van der Waals surface area contributed by atoms with Crippen LogP contribution in [0.5, 0.6) is 0 Å². The van der Waals surface area contributed by atoms with Gasteiger partial charge in [-0.1, -0.05) is 19.8 Å². The van der Waals surface area contributed by atoms with E-state index in [4.69, 9.17) is 5.11 Å². The zero-order valence-corrected chi connectivity index (χ0v) is 10.6.